The van der Waals surface area contributed by atoms with Crippen molar-refractivity contribution in [2.45, 2.75) is 113 Å². The number of rotatable bonds is 13. The van der Waals surface area contributed by atoms with Gasteiger partial charge in [0.2, 0.25) is 17.7 Å². The van der Waals surface area contributed by atoms with Gasteiger partial charge in [-0.2, -0.15) is 5.26 Å². The molecule has 1 spiro atoms. The van der Waals surface area contributed by atoms with Crippen LogP contribution < -0.4 is 14.9 Å². The second-order valence-corrected chi connectivity index (χ2v) is 19.9. The molecule has 0 radical (unpaired) electrons. The molecule has 3 saturated heterocycles. The van der Waals surface area contributed by atoms with Gasteiger partial charge in [0.1, 0.15) is 23.9 Å². The lowest BCUT2D eigenvalue weighted by atomic mass is 9.85. The van der Waals surface area contributed by atoms with Crippen molar-refractivity contribution < 1.29 is 37.4 Å². The number of nitrogens with one attached hydrogen (secondary N) is 2. The predicted octanol–water partition coefficient (Wildman–Crippen LogP) is 8.40. The summed E-state index contributed by atoms with van der Waals surface area (Å²) in [5, 5.41) is 16.4. The van der Waals surface area contributed by atoms with Crippen LogP contribution in [0.25, 0.3) is 10.1 Å². The normalized spacial score (nSPS) is 25.1. The molecule has 1 unspecified atom stereocenters. The van der Waals surface area contributed by atoms with E-state index in [2.05, 4.69) is 16.5 Å². The third kappa shape index (κ3) is 8.45. The Bertz CT molecular complexity index is 2370. The van der Waals surface area contributed by atoms with Crippen LogP contribution in [-0.2, 0) is 23.7 Å². The number of fused-ring (bicyclic) bond motifs is 2. The lowest BCUT2D eigenvalue weighted by molar-refractivity contribution is -0.148. The van der Waals surface area contributed by atoms with Crippen LogP contribution >= 0.6 is 18.9 Å². The van der Waals surface area contributed by atoms with E-state index < -0.39 is 49.0 Å². The monoisotopic (exact) mass is 867 g/mol. The fourth-order valence-corrected chi connectivity index (χ4v) is 12.4. The van der Waals surface area contributed by atoms with Gasteiger partial charge in [0.15, 0.2) is 0 Å². The highest BCUT2D eigenvalue weighted by atomic mass is 32.1. The highest BCUT2D eigenvalue weighted by molar-refractivity contribution is 7.57. The highest BCUT2D eigenvalue weighted by Crippen LogP contribution is 2.59. The first kappa shape index (κ1) is 42.6. The van der Waals surface area contributed by atoms with Crippen molar-refractivity contribution in [1.82, 2.24) is 20.2 Å². The number of halogens is 1. The topological polar surface area (TPSA) is 158 Å². The summed E-state index contributed by atoms with van der Waals surface area (Å²) < 4.78 is 42.5. The van der Waals surface area contributed by atoms with Gasteiger partial charge in [-0.05, 0) is 98.7 Å². The van der Waals surface area contributed by atoms with Gasteiger partial charge in [0.25, 0.3) is 5.91 Å². The fourth-order valence-electron chi connectivity index (χ4n) is 9.51. The van der Waals surface area contributed by atoms with Crippen molar-refractivity contribution in [3.8, 4) is 11.8 Å². The third-order valence-electron chi connectivity index (χ3n) is 12.7. The summed E-state index contributed by atoms with van der Waals surface area (Å²) >= 11 is 1.18. The number of thiophene rings is 1. The highest BCUT2D eigenvalue weighted by Gasteiger charge is 2.64. The Morgan fingerprint density at radius 2 is 1.72 bits per heavy atom. The van der Waals surface area contributed by atoms with Crippen molar-refractivity contribution in [1.29, 1.82) is 5.26 Å². The molecular weight excluding hydrogens is 817 g/mol. The zero-order chi connectivity index (χ0) is 42.9. The number of amides is 3. The van der Waals surface area contributed by atoms with E-state index in [1.807, 2.05) is 42.2 Å². The van der Waals surface area contributed by atoms with E-state index in [1.54, 1.807) is 47.4 Å². The molecule has 320 valence electrons. The van der Waals surface area contributed by atoms with E-state index in [-0.39, 0.29) is 47.6 Å². The molecule has 8 rings (SSSR count). The number of hydrogen-bond acceptors (Lipinski definition) is 9. The minimum Gasteiger partial charge on any atom is -0.465 e. The van der Waals surface area contributed by atoms with Gasteiger partial charge in [0, 0.05) is 23.2 Å². The number of carbonyl (C=O) groups excluding carboxylic acids is 4. The molecule has 1 aromatic heterocycles. The molecule has 1 saturated carbocycles. The molecule has 3 aromatic carbocycles. The smallest absolute Gasteiger partial charge is 0.355 e. The number of benzene rings is 3. The standard InChI is InChI=1S/C46H51FN5O7PS/c1-3-24-58-45(56)29(2)50-60(57,59-34-15-8-5-9-16-34)41(47)31-18-21-39-32(25-31)26-40(61-39)42(53)49-37-17-11-10-14-33-19-20-38(52(33)43(37)54)44(55)51-28-35(30-12-6-4-7-13-30)36(27-48)46(51)22-23-46/h4-9,12-13,15-16,18,21,25-26,29,33,35-38,41H,3,10-11,14,17,19-20,22-24,28H2,1-2H3,(H,49,53)(H,50,57)/t29-,33-,35+,36+,37-,38-,41-,60?/m0/s1. The van der Waals surface area contributed by atoms with Crippen LogP contribution in [0, 0.1) is 17.2 Å². The molecule has 15 heteroatoms. The SMILES string of the molecule is CCCOC(=O)[C@H](C)NP(=O)(Oc1ccccc1)[C@H](F)c1ccc2sc(C(=O)N[C@H]3CCCC[C@H]4CC[C@@H](C(=O)N5C[C@H](c6ccccc6)[C@@H](C#N)C56CC6)N4C3=O)cc2c1. The largest absolute Gasteiger partial charge is 0.465 e. The third-order valence-corrected chi connectivity index (χ3v) is 16.0. The van der Waals surface area contributed by atoms with Gasteiger partial charge in [-0.3, -0.25) is 23.7 Å². The second kappa shape index (κ2) is 17.7. The van der Waals surface area contributed by atoms with Crippen molar-refractivity contribution in [2.75, 3.05) is 13.2 Å². The molecule has 4 heterocycles. The van der Waals surface area contributed by atoms with Crippen molar-refractivity contribution >= 4 is 52.6 Å². The van der Waals surface area contributed by atoms with Gasteiger partial charge >= 0.3 is 13.5 Å². The summed E-state index contributed by atoms with van der Waals surface area (Å²) in [6, 6.07) is 24.0. The Morgan fingerprint density at radius 1 is 1.00 bits per heavy atom. The molecule has 4 fully saturated rings. The average molecular weight is 868 g/mol. The molecule has 3 amide bonds. The van der Waals surface area contributed by atoms with Gasteiger partial charge in [-0.15, -0.1) is 11.3 Å². The maximum Gasteiger partial charge on any atom is 0.355 e. The molecule has 1 aliphatic carbocycles. The Hall–Kier alpha value is -5.09. The van der Waals surface area contributed by atoms with E-state index in [0.717, 1.165) is 37.7 Å². The lowest BCUT2D eigenvalue weighted by Crippen LogP contribution is -2.57. The zero-order valence-corrected chi connectivity index (χ0v) is 36.0. The first-order valence-corrected chi connectivity index (χ1v) is 23.8. The molecular formula is C46H51FN5O7PS. The quantitative estimate of drug-likeness (QED) is 0.0995. The summed E-state index contributed by atoms with van der Waals surface area (Å²) in [5.41, 5.74) is 0.541. The van der Waals surface area contributed by atoms with Crippen molar-refractivity contribution in [3.05, 3.63) is 101 Å². The van der Waals surface area contributed by atoms with Crippen LogP contribution in [0.3, 0.4) is 0 Å². The Kier molecular flexibility index (Phi) is 12.4. The van der Waals surface area contributed by atoms with Crippen LogP contribution in [-0.4, -0.2) is 76.3 Å². The first-order chi connectivity index (χ1) is 29.5. The van der Waals surface area contributed by atoms with Crippen molar-refractivity contribution in [2.24, 2.45) is 5.92 Å². The summed E-state index contributed by atoms with van der Waals surface area (Å²) in [5.74, 6) is -4.01. The minimum absolute atomic E-state index is 0.0197. The van der Waals surface area contributed by atoms with E-state index in [1.165, 1.54) is 30.4 Å². The number of nitrogens with zero attached hydrogens (tertiary/aromatic N) is 3. The minimum atomic E-state index is -4.46. The summed E-state index contributed by atoms with van der Waals surface area (Å²) in [6.45, 7) is 3.87. The number of hydrogen-bond donors (Lipinski definition) is 2. The number of carbonyl (C=O) groups is 4. The zero-order valence-electron chi connectivity index (χ0n) is 34.3. The molecule has 61 heavy (non-hydrogen) atoms. The van der Waals surface area contributed by atoms with E-state index >= 15 is 4.39 Å². The second-order valence-electron chi connectivity index (χ2n) is 16.7. The number of likely N-dealkylation sites (tertiary alicyclic amines) is 1. The predicted molar refractivity (Wildman–Crippen MR) is 230 cm³/mol. The first-order valence-electron chi connectivity index (χ1n) is 21.3. The van der Waals surface area contributed by atoms with Crippen LogP contribution in [0.4, 0.5) is 4.39 Å². The summed E-state index contributed by atoms with van der Waals surface area (Å²) in [4.78, 5) is 59.6. The number of ether oxygens (including phenoxy) is 1. The number of nitriles is 1. The molecule has 4 aliphatic rings. The Labute approximate surface area is 359 Å². The molecule has 2 N–H and O–H groups in total. The summed E-state index contributed by atoms with van der Waals surface area (Å²) in [6.07, 6.45) is 6.12. The van der Waals surface area contributed by atoms with Crippen LogP contribution in [0.1, 0.15) is 104 Å². The average Bonchev–Trinajstić information content (AvgIpc) is 3.59. The van der Waals surface area contributed by atoms with E-state index in [0.29, 0.717) is 47.2 Å². The van der Waals surface area contributed by atoms with Gasteiger partial charge in [-0.1, -0.05) is 74.4 Å². The van der Waals surface area contributed by atoms with E-state index in [9.17, 15) is 29.0 Å². The molecule has 3 aliphatic heterocycles. The Morgan fingerprint density at radius 3 is 2.43 bits per heavy atom. The van der Waals surface area contributed by atoms with Gasteiger partial charge in [-0.25, -0.2) is 9.48 Å². The molecule has 4 aromatic rings. The van der Waals surface area contributed by atoms with Crippen molar-refractivity contribution in [3.63, 3.8) is 0 Å². The van der Waals surface area contributed by atoms with Crippen LogP contribution in [0.15, 0.2) is 84.9 Å². The maximum absolute atomic E-state index is 16.6. The van der Waals surface area contributed by atoms with Gasteiger partial charge in [0.05, 0.1) is 29.0 Å². The molecule has 12 nitrogen and oxygen atoms in total. The number of para-hydroxylation sites is 1. The fraction of sp³-hybridized carbons (Fsp3) is 0.457. The number of alkyl halides is 1. The van der Waals surface area contributed by atoms with Crippen LogP contribution in [0.2, 0.25) is 0 Å². The molecule has 8 atom stereocenters. The van der Waals surface area contributed by atoms with E-state index in [4.69, 9.17) is 9.26 Å². The van der Waals surface area contributed by atoms with Crippen LogP contribution in [0.5, 0.6) is 5.75 Å². The Balaban J connectivity index is 0.991. The maximum atomic E-state index is 16.6. The van der Waals surface area contributed by atoms with Gasteiger partial charge < -0.3 is 24.4 Å². The summed E-state index contributed by atoms with van der Waals surface area (Å²) in [7, 11) is -4.46. The molecule has 0 bridgehead atoms. The lowest BCUT2D eigenvalue weighted by Gasteiger charge is -2.37. The number of esters is 1.